The van der Waals surface area contributed by atoms with Gasteiger partial charge in [-0.05, 0) is 42.0 Å². The Balaban J connectivity index is 1.58. The Labute approximate surface area is 202 Å². The SMILES string of the molecule is O=C(CN(c1cccnc1)S(=O)(=O)c1ccccc1)NCCSCc1ccc(Cl)cc1Cl. The maximum Gasteiger partial charge on any atom is 0.264 e. The molecule has 1 amide bonds. The van der Waals surface area contributed by atoms with Gasteiger partial charge in [0.2, 0.25) is 5.91 Å². The number of hydrogen-bond acceptors (Lipinski definition) is 5. The molecule has 0 aliphatic carbocycles. The van der Waals surface area contributed by atoms with Gasteiger partial charge in [-0.2, -0.15) is 11.8 Å². The van der Waals surface area contributed by atoms with Crippen LogP contribution in [0.2, 0.25) is 10.0 Å². The third-order valence-electron chi connectivity index (χ3n) is 4.39. The average Bonchev–Trinajstić information content (AvgIpc) is 2.79. The van der Waals surface area contributed by atoms with E-state index in [0.29, 0.717) is 33.8 Å². The second-order valence-corrected chi connectivity index (χ2v) is 10.5. The molecular formula is C22H21Cl2N3O3S2. The van der Waals surface area contributed by atoms with Gasteiger partial charge in [0.15, 0.2) is 0 Å². The summed E-state index contributed by atoms with van der Waals surface area (Å²) in [7, 11) is -3.93. The molecule has 0 aliphatic heterocycles. The molecule has 2 aromatic carbocycles. The van der Waals surface area contributed by atoms with Crippen LogP contribution in [0.15, 0.2) is 78.0 Å². The zero-order chi connectivity index (χ0) is 23.0. The van der Waals surface area contributed by atoms with Gasteiger partial charge in [0.05, 0.1) is 16.8 Å². The first-order chi connectivity index (χ1) is 15.4. The first-order valence-corrected chi connectivity index (χ1v) is 13.0. The number of rotatable bonds is 10. The number of nitrogens with zero attached hydrogens (tertiary/aromatic N) is 2. The Kier molecular flexibility index (Phi) is 8.81. The van der Waals surface area contributed by atoms with E-state index in [2.05, 4.69) is 10.3 Å². The minimum absolute atomic E-state index is 0.104. The molecule has 0 bridgehead atoms. The third kappa shape index (κ3) is 6.62. The van der Waals surface area contributed by atoms with E-state index >= 15 is 0 Å². The van der Waals surface area contributed by atoms with Crippen molar-refractivity contribution in [3.8, 4) is 0 Å². The number of amides is 1. The number of halogens is 2. The number of thioether (sulfide) groups is 1. The Hall–Kier alpha value is -2.26. The van der Waals surface area contributed by atoms with Crippen LogP contribution in [0.3, 0.4) is 0 Å². The fraction of sp³-hybridized carbons (Fsp3) is 0.182. The van der Waals surface area contributed by atoms with Crippen molar-refractivity contribution in [1.82, 2.24) is 10.3 Å². The molecule has 168 valence electrons. The van der Waals surface area contributed by atoms with Gasteiger partial charge < -0.3 is 5.32 Å². The number of aromatic nitrogens is 1. The van der Waals surface area contributed by atoms with Crippen molar-refractivity contribution in [3.05, 3.63) is 88.7 Å². The fourth-order valence-corrected chi connectivity index (χ4v) is 5.65. The summed E-state index contributed by atoms with van der Waals surface area (Å²) in [6.07, 6.45) is 2.96. The molecule has 0 saturated carbocycles. The predicted octanol–water partition coefficient (Wildman–Crippen LogP) is 4.63. The predicted molar refractivity (Wildman–Crippen MR) is 131 cm³/mol. The molecule has 3 aromatic rings. The van der Waals surface area contributed by atoms with Crippen LogP contribution in [0, 0.1) is 0 Å². The van der Waals surface area contributed by atoms with Gasteiger partial charge >= 0.3 is 0 Å². The molecule has 10 heteroatoms. The Morgan fingerprint density at radius 2 is 1.84 bits per heavy atom. The van der Waals surface area contributed by atoms with Gasteiger partial charge in [-0.1, -0.05) is 47.5 Å². The van der Waals surface area contributed by atoms with E-state index in [9.17, 15) is 13.2 Å². The van der Waals surface area contributed by atoms with Gasteiger partial charge in [-0.3, -0.25) is 14.1 Å². The minimum Gasteiger partial charge on any atom is -0.354 e. The van der Waals surface area contributed by atoms with Crippen LogP contribution in [0.5, 0.6) is 0 Å². The Bertz CT molecular complexity index is 1150. The summed E-state index contributed by atoms with van der Waals surface area (Å²) in [5.41, 5.74) is 1.28. The van der Waals surface area contributed by atoms with Crippen LogP contribution in [0.1, 0.15) is 5.56 Å². The molecule has 0 spiro atoms. The number of nitrogens with one attached hydrogen (secondary N) is 1. The first-order valence-electron chi connectivity index (χ1n) is 9.64. The summed E-state index contributed by atoms with van der Waals surface area (Å²) < 4.78 is 27.4. The second kappa shape index (κ2) is 11.6. The highest BCUT2D eigenvalue weighted by Gasteiger charge is 2.27. The van der Waals surface area contributed by atoms with Crippen molar-refractivity contribution in [2.24, 2.45) is 0 Å². The molecule has 1 N–H and O–H groups in total. The number of hydrogen-bond donors (Lipinski definition) is 1. The summed E-state index contributed by atoms with van der Waals surface area (Å²) in [5, 5.41) is 3.96. The zero-order valence-electron chi connectivity index (χ0n) is 16.9. The largest absolute Gasteiger partial charge is 0.354 e. The maximum absolute atomic E-state index is 13.1. The summed E-state index contributed by atoms with van der Waals surface area (Å²) in [4.78, 5) is 16.6. The molecule has 0 saturated heterocycles. The third-order valence-corrected chi connectivity index (χ3v) is 7.78. The highest BCUT2D eigenvalue weighted by molar-refractivity contribution is 7.98. The highest BCUT2D eigenvalue weighted by Crippen LogP contribution is 2.25. The van der Waals surface area contributed by atoms with E-state index in [1.165, 1.54) is 18.3 Å². The Morgan fingerprint density at radius 1 is 1.06 bits per heavy atom. The van der Waals surface area contributed by atoms with E-state index in [1.807, 2.05) is 6.07 Å². The molecule has 32 heavy (non-hydrogen) atoms. The quantitative estimate of drug-likeness (QED) is 0.403. The van der Waals surface area contributed by atoms with Crippen LogP contribution in [-0.2, 0) is 20.6 Å². The van der Waals surface area contributed by atoms with E-state index < -0.39 is 15.9 Å². The number of carbonyl (C=O) groups is 1. The van der Waals surface area contributed by atoms with Crippen LogP contribution < -0.4 is 9.62 Å². The smallest absolute Gasteiger partial charge is 0.264 e. The number of anilines is 1. The van der Waals surface area contributed by atoms with Gasteiger partial charge in [0.25, 0.3) is 10.0 Å². The van der Waals surface area contributed by atoms with Crippen LogP contribution in [-0.4, -0.2) is 38.2 Å². The van der Waals surface area contributed by atoms with E-state index in [4.69, 9.17) is 23.2 Å². The topological polar surface area (TPSA) is 79.4 Å². The van der Waals surface area contributed by atoms with Crippen molar-refractivity contribution in [2.75, 3.05) is 23.1 Å². The molecule has 3 rings (SSSR count). The fourth-order valence-electron chi connectivity index (χ4n) is 2.81. The zero-order valence-corrected chi connectivity index (χ0v) is 20.1. The molecule has 0 atom stereocenters. The van der Waals surface area contributed by atoms with Gasteiger partial charge in [0, 0.05) is 34.3 Å². The molecule has 0 unspecified atom stereocenters. The summed E-state index contributed by atoms with van der Waals surface area (Å²) >= 11 is 13.7. The number of pyridine rings is 1. The lowest BCUT2D eigenvalue weighted by atomic mass is 10.2. The summed E-state index contributed by atoms with van der Waals surface area (Å²) in [6, 6.07) is 16.6. The second-order valence-electron chi connectivity index (χ2n) is 6.67. The first kappa shape index (κ1) is 24.4. The van der Waals surface area contributed by atoms with Crippen molar-refractivity contribution < 1.29 is 13.2 Å². The number of sulfonamides is 1. The molecule has 0 aliphatic rings. The average molecular weight is 510 g/mol. The number of benzene rings is 2. The van der Waals surface area contributed by atoms with Gasteiger partial charge in [-0.15, -0.1) is 0 Å². The standard InChI is InChI=1S/C22H21Cl2N3O3S2/c23-18-9-8-17(21(24)13-18)16-31-12-11-26-22(28)15-27(19-5-4-10-25-14-19)32(29,30)20-6-2-1-3-7-20/h1-10,13-14H,11-12,15-16H2,(H,26,28). The van der Waals surface area contributed by atoms with Crippen LogP contribution in [0.4, 0.5) is 5.69 Å². The molecule has 1 heterocycles. The molecule has 0 fully saturated rings. The van der Waals surface area contributed by atoms with Crippen LogP contribution in [0.25, 0.3) is 0 Å². The van der Waals surface area contributed by atoms with Gasteiger partial charge in [0.1, 0.15) is 6.54 Å². The summed E-state index contributed by atoms with van der Waals surface area (Å²) in [6.45, 7) is 0.0393. The van der Waals surface area contributed by atoms with E-state index in [0.717, 1.165) is 9.87 Å². The lowest BCUT2D eigenvalue weighted by Crippen LogP contribution is -2.41. The molecule has 0 radical (unpaired) electrons. The molecular weight excluding hydrogens is 489 g/mol. The Morgan fingerprint density at radius 3 is 2.53 bits per heavy atom. The highest BCUT2D eigenvalue weighted by atomic mass is 35.5. The van der Waals surface area contributed by atoms with Crippen molar-refractivity contribution in [1.29, 1.82) is 0 Å². The van der Waals surface area contributed by atoms with Gasteiger partial charge in [-0.25, -0.2) is 8.42 Å². The van der Waals surface area contributed by atoms with E-state index in [1.54, 1.807) is 60.4 Å². The lowest BCUT2D eigenvalue weighted by molar-refractivity contribution is -0.119. The minimum atomic E-state index is -3.93. The van der Waals surface area contributed by atoms with Crippen LogP contribution >= 0.6 is 35.0 Å². The van der Waals surface area contributed by atoms with Crippen molar-refractivity contribution >= 4 is 56.6 Å². The lowest BCUT2D eigenvalue weighted by Gasteiger charge is -2.23. The monoisotopic (exact) mass is 509 g/mol. The van der Waals surface area contributed by atoms with E-state index in [-0.39, 0.29) is 11.4 Å². The normalized spacial score (nSPS) is 11.2. The maximum atomic E-state index is 13.1. The summed E-state index contributed by atoms with van der Waals surface area (Å²) in [5.74, 6) is 0.914. The van der Waals surface area contributed by atoms with Crippen molar-refractivity contribution in [3.63, 3.8) is 0 Å². The number of carbonyl (C=O) groups excluding carboxylic acids is 1. The van der Waals surface area contributed by atoms with Crippen molar-refractivity contribution in [2.45, 2.75) is 10.6 Å². The molecule has 6 nitrogen and oxygen atoms in total. The molecule has 1 aromatic heterocycles.